The molecule has 4 heteroatoms. The van der Waals surface area contributed by atoms with Gasteiger partial charge in [-0.1, -0.05) is 30.3 Å². The van der Waals surface area contributed by atoms with Crippen molar-refractivity contribution < 1.29 is 13.6 Å². The molecule has 3 aliphatic carbocycles. The fraction of sp³-hybridized carbons (Fsp3) is 0.579. The highest BCUT2D eigenvalue weighted by molar-refractivity contribution is 7.59. The van der Waals surface area contributed by atoms with E-state index in [-0.39, 0.29) is 0 Å². The summed E-state index contributed by atoms with van der Waals surface area (Å²) in [6.45, 7) is 4.64. The summed E-state index contributed by atoms with van der Waals surface area (Å²) >= 11 is 0. The van der Waals surface area contributed by atoms with Crippen molar-refractivity contribution in [3.05, 3.63) is 41.2 Å². The monoisotopic (exact) mass is 332 g/mol. The van der Waals surface area contributed by atoms with Crippen LogP contribution < -0.4 is 0 Å². The summed E-state index contributed by atoms with van der Waals surface area (Å²) in [4.78, 5) is 0. The SMILES string of the molecule is CCOP(=O)(OCC)C1=C(c2ccccc2)[C@H]2[C@@H]3CC[C@@H](C3)[C@@H]12. The van der Waals surface area contributed by atoms with E-state index in [9.17, 15) is 4.57 Å². The Morgan fingerprint density at radius 3 is 2.22 bits per heavy atom. The molecular formula is C19H25O3P. The molecule has 2 saturated carbocycles. The fourth-order valence-electron chi connectivity index (χ4n) is 5.16. The van der Waals surface area contributed by atoms with Gasteiger partial charge < -0.3 is 9.05 Å². The zero-order valence-corrected chi connectivity index (χ0v) is 14.8. The summed E-state index contributed by atoms with van der Waals surface area (Å²) in [6, 6.07) is 10.4. The second kappa shape index (κ2) is 5.88. The van der Waals surface area contributed by atoms with Gasteiger partial charge in [0.05, 0.1) is 13.2 Å². The lowest BCUT2D eigenvalue weighted by atomic mass is 9.64. The highest BCUT2D eigenvalue weighted by Gasteiger charge is 2.61. The van der Waals surface area contributed by atoms with E-state index < -0.39 is 7.60 Å². The number of hydrogen-bond acceptors (Lipinski definition) is 3. The van der Waals surface area contributed by atoms with Crippen LogP contribution in [0, 0.1) is 23.7 Å². The van der Waals surface area contributed by atoms with Crippen LogP contribution in [0.2, 0.25) is 0 Å². The van der Waals surface area contributed by atoms with Crippen molar-refractivity contribution >= 4 is 13.2 Å². The number of hydrogen-bond donors (Lipinski definition) is 0. The van der Waals surface area contributed by atoms with Gasteiger partial charge >= 0.3 is 7.60 Å². The predicted octanol–water partition coefficient (Wildman–Crippen LogP) is 5.34. The molecule has 1 aromatic carbocycles. The van der Waals surface area contributed by atoms with Crippen molar-refractivity contribution in [2.24, 2.45) is 23.7 Å². The molecule has 0 spiro atoms. The van der Waals surface area contributed by atoms with Gasteiger partial charge in [-0.2, -0.15) is 0 Å². The summed E-state index contributed by atoms with van der Waals surface area (Å²) in [7, 11) is -3.17. The predicted molar refractivity (Wildman–Crippen MR) is 92.0 cm³/mol. The fourth-order valence-corrected chi connectivity index (χ4v) is 7.50. The number of fused-ring (bicyclic) bond motifs is 5. The first kappa shape index (κ1) is 15.6. The second-order valence-corrected chi connectivity index (χ2v) is 8.88. The van der Waals surface area contributed by atoms with E-state index in [1.807, 2.05) is 19.9 Å². The smallest absolute Gasteiger partial charge is 0.306 e. The standard InChI is InChI=1S/C19H25O3P/c1-3-21-23(20,22-4-2)19-17(13-8-6-5-7-9-13)16-14-10-11-15(12-14)18(16)19/h5-9,14-16,18H,3-4,10-12H2,1-2H3/t14-,15+,16-,18-/m1/s1. The third kappa shape index (κ3) is 2.28. The van der Waals surface area contributed by atoms with E-state index in [1.165, 1.54) is 30.4 Å². The van der Waals surface area contributed by atoms with Gasteiger partial charge in [-0.3, -0.25) is 4.57 Å². The van der Waals surface area contributed by atoms with Gasteiger partial charge in [0.25, 0.3) is 0 Å². The van der Waals surface area contributed by atoms with Crippen molar-refractivity contribution in [3.63, 3.8) is 0 Å². The molecule has 0 amide bonds. The maximum Gasteiger partial charge on any atom is 0.357 e. The molecule has 23 heavy (non-hydrogen) atoms. The van der Waals surface area contributed by atoms with E-state index in [0.717, 1.165) is 11.2 Å². The first-order valence-electron chi connectivity index (χ1n) is 8.88. The maximum absolute atomic E-state index is 13.5. The quantitative estimate of drug-likeness (QED) is 0.660. The Labute approximate surface area is 138 Å². The largest absolute Gasteiger partial charge is 0.357 e. The van der Waals surface area contributed by atoms with Gasteiger partial charge in [0.1, 0.15) is 0 Å². The van der Waals surface area contributed by atoms with Crippen LogP contribution in [0.15, 0.2) is 35.6 Å². The van der Waals surface area contributed by atoms with Crippen LogP contribution in [0.25, 0.3) is 5.57 Å². The lowest BCUT2D eigenvalue weighted by Gasteiger charge is -2.46. The number of rotatable bonds is 6. The maximum atomic E-state index is 13.5. The molecule has 0 radical (unpaired) electrons. The molecule has 1 aromatic rings. The van der Waals surface area contributed by atoms with E-state index >= 15 is 0 Å². The second-order valence-electron chi connectivity index (χ2n) is 6.88. The lowest BCUT2D eigenvalue weighted by molar-refractivity contribution is 0.209. The molecule has 0 aromatic heterocycles. The Hall–Kier alpha value is -0.890. The first-order chi connectivity index (χ1) is 11.2. The zero-order valence-electron chi connectivity index (χ0n) is 13.9. The van der Waals surface area contributed by atoms with Crippen LogP contribution in [-0.4, -0.2) is 13.2 Å². The minimum atomic E-state index is -3.17. The minimum absolute atomic E-state index is 0.424. The van der Waals surface area contributed by atoms with Gasteiger partial charge in [0.2, 0.25) is 0 Å². The Morgan fingerprint density at radius 1 is 1.00 bits per heavy atom. The van der Waals surface area contributed by atoms with E-state index in [0.29, 0.717) is 31.0 Å². The number of benzene rings is 1. The van der Waals surface area contributed by atoms with Crippen LogP contribution in [0.3, 0.4) is 0 Å². The molecule has 0 aliphatic heterocycles. The molecule has 0 unspecified atom stereocenters. The van der Waals surface area contributed by atoms with E-state index in [2.05, 4.69) is 24.3 Å². The Bertz CT molecular complexity index is 656. The molecule has 3 aliphatic rings. The van der Waals surface area contributed by atoms with Crippen LogP contribution in [-0.2, 0) is 13.6 Å². The van der Waals surface area contributed by atoms with Crippen LogP contribution >= 0.6 is 7.60 Å². The summed E-state index contributed by atoms with van der Waals surface area (Å²) < 4.78 is 24.9. The summed E-state index contributed by atoms with van der Waals surface area (Å²) in [5.74, 6) is 2.44. The van der Waals surface area contributed by atoms with E-state index in [1.54, 1.807) is 0 Å². The van der Waals surface area contributed by atoms with Gasteiger partial charge in [-0.15, -0.1) is 0 Å². The van der Waals surface area contributed by atoms with Crippen molar-refractivity contribution in [3.8, 4) is 0 Å². The Morgan fingerprint density at radius 2 is 1.61 bits per heavy atom. The van der Waals surface area contributed by atoms with Crippen molar-refractivity contribution in [2.45, 2.75) is 33.1 Å². The van der Waals surface area contributed by atoms with Crippen molar-refractivity contribution in [2.75, 3.05) is 13.2 Å². The third-order valence-corrected chi connectivity index (χ3v) is 8.14. The van der Waals surface area contributed by atoms with Gasteiger partial charge in [-0.25, -0.2) is 0 Å². The molecular weight excluding hydrogens is 307 g/mol. The molecule has 0 N–H and O–H groups in total. The molecule has 0 heterocycles. The topological polar surface area (TPSA) is 35.5 Å². The highest BCUT2D eigenvalue weighted by atomic mass is 31.2. The molecule has 3 nitrogen and oxygen atoms in total. The van der Waals surface area contributed by atoms with E-state index in [4.69, 9.17) is 9.05 Å². The van der Waals surface area contributed by atoms with Gasteiger partial charge in [0, 0.05) is 11.2 Å². The Balaban J connectivity index is 1.83. The lowest BCUT2D eigenvalue weighted by Crippen LogP contribution is -2.35. The van der Waals surface area contributed by atoms with Gasteiger partial charge in [-0.05, 0) is 62.0 Å². The van der Waals surface area contributed by atoms with Crippen LogP contribution in [0.1, 0.15) is 38.7 Å². The zero-order chi connectivity index (χ0) is 16.0. The third-order valence-electron chi connectivity index (χ3n) is 5.82. The number of allylic oxidation sites excluding steroid dienone is 2. The molecule has 2 bridgehead atoms. The van der Waals surface area contributed by atoms with Crippen LogP contribution in [0.5, 0.6) is 0 Å². The van der Waals surface area contributed by atoms with Crippen molar-refractivity contribution in [1.82, 2.24) is 0 Å². The summed E-state index contributed by atoms with van der Waals surface area (Å²) in [6.07, 6.45) is 3.88. The van der Waals surface area contributed by atoms with Crippen LogP contribution in [0.4, 0.5) is 0 Å². The molecule has 2 fully saturated rings. The molecule has 124 valence electrons. The average molecular weight is 332 g/mol. The summed E-state index contributed by atoms with van der Waals surface area (Å²) in [5, 5.41) is 1.00. The molecule has 0 saturated heterocycles. The normalized spacial score (nSPS) is 32.1. The highest BCUT2D eigenvalue weighted by Crippen LogP contribution is 2.76. The molecule has 4 atom stereocenters. The average Bonchev–Trinajstić information content (AvgIpc) is 3.06. The van der Waals surface area contributed by atoms with Gasteiger partial charge in [0.15, 0.2) is 0 Å². The van der Waals surface area contributed by atoms with Crippen molar-refractivity contribution in [1.29, 1.82) is 0 Å². The summed E-state index contributed by atoms with van der Waals surface area (Å²) in [5.41, 5.74) is 2.48. The first-order valence-corrected chi connectivity index (χ1v) is 10.4. The molecule has 4 rings (SSSR count). The Kier molecular flexibility index (Phi) is 3.99. The minimum Gasteiger partial charge on any atom is -0.306 e.